The van der Waals surface area contributed by atoms with Gasteiger partial charge in [-0.05, 0) is 15.9 Å². The quantitative estimate of drug-likeness (QED) is 0.323. The SMILES string of the molecule is Brc1csc2c1sc1c(-c3ncnc(-c4ccccc4)n3)csc12. The monoisotopic (exact) mass is 429 g/mol. The van der Waals surface area contributed by atoms with Gasteiger partial charge < -0.3 is 0 Å². The van der Waals surface area contributed by atoms with Crippen LogP contribution in [0.4, 0.5) is 0 Å². The van der Waals surface area contributed by atoms with Crippen LogP contribution in [0.5, 0.6) is 0 Å². The molecule has 24 heavy (non-hydrogen) atoms. The van der Waals surface area contributed by atoms with Gasteiger partial charge in [-0.25, -0.2) is 15.0 Å². The average Bonchev–Trinajstić information content (AvgIpc) is 3.29. The van der Waals surface area contributed by atoms with Crippen LogP contribution in [0, 0.1) is 0 Å². The van der Waals surface area contributed by atoms with E-state index in [1.165, 1.54) is 23.3 Å². The maximum atomic E-state index is 4.70. The fraction of sp³-hybridized carbons (Fsp3) is 0. The van der Waals surface area contributed by atoms with Crippen LogP contribution >= 0.6 is 49.9 Å². The molecule has 5 aromatic rings. The van der Waals surface area contributed by atoms with E-state index >= 15 is 0 Å². The second kappa shape index (κ2) is 5.70. The van der Waals surface area contributed by atoms with E-state index in [1.54, 1.807) is 40.3 Å². The highest BCUT2D eigenvalue weighted by molar-refractivity contribution is 9.10. The highest BCUT2D eigenvalue weighted by atomic mass is 79.9. The van der Waals surface area contributed by atoms with Gasteiger partial charge >= 0.3 is 0 Å². The lowest BCUT2D eigenvalue weighted by molar-refractivity contribution is 1.07. The van der Waals surface area contributed by atoms with E-state index in [1.807, 2.05) is 30.3 Å². The fourth-order valence-electron chi connectivity index (χ4n) is 2.59. The van der Waals surface area contributed by atoms with E-state index < -0.39 is 0 Å². The van der Waals surface area contributed by atoms with Crippen LogP contribution in [0.2, 0.25) is 0 Å². The summed E-state index contributed by atoms with van der Waals surface area (Å²) in [7, 11) is 0. The number of hydrogen-bond donors (Lipinski definition) is 0. The third-order valence-corrected chi connectivity index (χ3v) is 8.53. The van der Waals surface area contributed by atoms with Crippen molar-refractivity contribution in [2.75, 3.05) is 0 Å². The number of aromatic nitrogens is 3. The normalized spacial score (nSPS) is 11.5. The minimum atomic E-state index is 0.708. The zero-order valence-corrected chi connectivity index (χ0v) is 16.1. The Balaban J connectivity index is 1.70. The smallest absolute Gasteiger partial charge is 0.165 e. The van der Waals surface area contributed by atoms with Gasteiger partial charge in [-0.15, -0.1) is 34.0 Å². The van der Waals surface area contributed by atoms with Crippen LogP contribution in [0.25, 0.3) is 41.6 Å². The van der Waals surface area contributed by atoms with Crippen molar-refractivity contribution in [3.8, 4) is 22.8 Å². The molecule has 7 heteroatoms. The number of benzene rings is 1. The number of halogens is 1. The second-order valence-electron chi connectivity index (χ2n) is 5.15. The molecule has 0 amide bonds. The van der Waals surface area contributed by atoms with Gasteiger partial charge in [0.15, 0.2) is 11.6 Å². The summed E-state index contributed by atoms with van der Waals surface area (Å²) in [6.07, 6.45) is 1.60. The van der Waals surface area contributed by atoms with Gasteiger partial charge in [0.05, 0.1) is 18.8 Å². The molecule has 0 saturated carbocycles. The molecule has 4 heterocycles. The molecule has 0 N–H and O–H groups in total. The van der Waals surface area contributed by atoms with Crippen molar-refractivity contribution in [1.29, 1.82) is 0 Å². The van der Waals surface area contributed by atoms with E-state index in [0.29, 0.717) is 5.82 Å². The molecule has 0 aliphatic heterocycles. The number of hydrogen-bond acceptors (Lipinski definition) is 6. The lowest BCUT2D eigenvalue weighted by Gasteiger charge is -2.01. The minimum Gasteiger partial charge on any atom is -0.217 e. The summed E-state index contributed by atoms with van der Waals surface area (Å²) in [5.41, 5.74) is 2.09. The van der Waals surface area contributed by atoms with Gasteiger partial charge in [-0.3, -0.25) is 0 Å². The Morgan fingerprint density at radius 1 is 0.792 bits per heavy atom. The molecule has 4 aromatic heterocycles. The fourth-order valence-corrected chi connectivity index (χ4v) is 7.21. The Kier molecular flexibility index (Phi) is 3.48. The average molecular weight is 430 g/mol. The van der Waals surface area contributed by atoms with Crippen LogP contribution in [-0.2, 0) is 0 Å². The summed E-state index contributed by atoms with van der Waals surface area (Å²) in [4.78, 5) is 13.4. The summed E-state index contributed by atoms with van der Waals surface area (Å²) >= 11 is 8.97. The lowest BCUT2D eigenvalue weighted by atomic mass is 10.2. The topological polar surface area (TPSA) is 38.7 Å². The third kappa shape index (κ3) is 2.23. The zero-order chi connectivity index (χ0) is 16.1. The van der Waals surface area contributed by atoms with Crippen molar-refractivity contribution in [3.05, 3.63) is 51.9 Å². The van der Waals surface area contributed by atoms with Gasteiger partial charge in [-0.2, -0.15) is 0 Å². The molecule has 3 nitrogen and oxygen atoms in total. The molecule has 0 radical (unpaired) electrons. The van der Waals surface area contributed by atoms with Crippen LogP contribution in [-0.4, -0.2) is 15.0 Å². The first-order chi connectivity index (χ1) is 11.8. The molecular weight excluding hydrogens is 422 g/mol. The van der Waals surface area contributed by atoms with Crippen LogP contribution in [0.1, 0.15) is 0 Å². The van der Waals surface area contributed by atoms with Gasteiger partial charge in [0.1, 0.15) is 6.33 Å². The Labute approximate surface area is 157 Å². The summed E-state index contributed by atoms with van der Waals surface area (Å²) in [5, 5.41) is 4.30. The standard InChI is InChI=1S/C17H8BrN3S3/c18-11-7-23-15-13(11)24-12-10(6-22-14(12)15)17-20-8-19-16(21-17)9-4-2-1-3-5-9/h1-8H. The Morgan fingerprint density at radius 3 is 2.42 bits per heavy atom. The van der Waals surface area contributed by atoms with E-state index in [0.717, 1.165) is 17.0 Å². The molecule has 0 fully saturated rings. The first-order valence-electron chi connectivity index (χ1n) is 7.13. The predicted octanol–water partition coefficient (Wildman–Crippen LogP) is 6.46. The van der Waals surface area contributed by atoms with Crippen molar-refractivity contribution >= 4 is 68.7 Å². The highest BCUT2D eigenvalue weighted by Gasteiger charge is 2.17. The highest BCUT2D eigenvalue weighted by Crippen LogP contribution is 2.48. The molecule has 0 bridgehead atoms. The Hall–Kier alpha value is -1.67. The van der Waals surface area contributed by atoms with Crippen LogP contribution in [0.15, 0.2) is 51.9 Å². The maximum absolute atomic E-state index is 4.70. The first-order valence-corrected chi connectivity index (χ1v) is 10.5. The molecule has 0 unspecified atom stereocenters. The molecular formula is C17H8BrN3S3. The Bertz CT molecular complexity index is 1170. The number of rotatable bonds is 2. The van der Waals surface area contributed by atoms with Crippen molar-refractivity contribution in [1.82, 2.24) is 15.0 Å². The summed E-state index contributed by atoms with van der Waals surface area (Å²) < 4.78 is 6.40. The molecule has 0 atom stereocenters. The molecule has 5 rings (SSSR count). The Morgan fingerprint density at radius 2 is 1.54 bits per heavy atom. The van der Waals surface area contributed by atoms with Crippen molar-refractivity contribution in [2.45, 2.75) is 0 Å². The molecule has 0 spiro atoms. The van der Waals surface area contributed by atoms with Gasteiger partial charge in [0, 0.05) is 26.4 Å². The van der Waals surface area contributed by atoms with Crippen LogP contribution < -0.4 is 0 Å². The first kappa shape index (κ1) is 14.7. The van der Waals surface area contributed by atoms with E-state index in [-0.39, 0.29) is 0 Å². The van der Waals surface area contributed by atoms with Crippen molar-refractivity contribution in [2.24, 2.45) is 0 Å². The lowest BCUT2D eigenvalue weighted by Crippen LogP contribution is -1.94. The second-order valence-corrected chi connectivity index (χ2v) is 8.78. The van der Waals surface area contributed by atoms with E-state index in [4.69, 9.17) is 4.98 Å². The van der Waals surface area contributed by atoms with Crippen molar-refractivity contribution in [3.63, 3.8) is 0 Å². The minimum absolute atomic E-state index is 0.708. The van der Waals surface area contributed by atoms with Crippen molar-refractivity contribution < 1.29 is 0 Å². The molecule has 116 valence electrons. The largest absolute Gasteiger partial charge is 0.217 e. The number of nitrogens with zero attached hydrogens (tertiary/aromatic N) is 3. The summed E-state index contributed by atoms with van der Waals surface area (Å²) in [6.45, 7) is 0. The molecule has 0 aliphatic carbocycles. The van der Waals surface area contributed by atoms with E-state index in [2.05, 4.69) is 36.7 Å². The van der Waals surface area contributed by atoms with Gasteiger partial charge in [-0.1, -0.05) is 30.3 Å². The number of thiophene rings is 3. The number of fused-ring (bicyclic) bond motifs is 3. The molecule has 0 aliphatic rings. The summed E-state index contributed by atoms with van der Waals surface area (Å²) in [5.74, 6) is 1.44. The predicted molar refractivity (Wildman–Crippen MR) is 107 cm³/mol. The maximum Gasteiger partial charge on any atom is 0.165 e. The van der Waals surface area contributed by atoms with Gasteiger partial charge in [0.25, 0.3) is 0 Å². The third-order valence-electron chi connectivity index (χ3n) is 3.70. The zero-order valence-electron chi connectivity index (χ0n) is 12.1. The summed E-state index contributed by atoms with van der Waals surface area (Å²) in [6, 6.07) is 10.0. The molecule has 0 saturated heterocycles. The van der Waals surface area contributed by atoms with Gasteiger partial charge in [0.2, 0.25) is 0 Å². The van der Waals surface area contributed by atoms with Crippen LogP contribution in [0.3, 0.4) is 0 Å². The van der Waals surface area contributed by atoms with E-state index in [9.17, 15) is 0 Å². The molecule has 1 aromatic carbocycles.